The van der Waals surface area contributed by atoms with Crippen molar-refractivity contribution < 1.29 is 23.9 Å². The van der Waals surface area contributed by atoms with Crippen LogP contribution in [0.25, 0.3) is 6.08 Å². The van der Waals surface area contributed by atoms with Gasteiger partial charge in [0.1, 0.15) is 5.69 Å². The number of pyridine rings is 1. The number of nitrogens with zero attached hydrogens (tertiary/aromatic N) is 1. The number of aryl methyl sites for hydroxylation is 1. The number of rotatable bonds is 7. The van der Waals surface area contributed by atoms with Crippen molar-refractivity contribution in [2.45, 2.75) is 33.6 Å². The number of benzene rings is 1. The fraction of sp³-hybridized carbons (Fsp3) is 0.333. The van der Waals surface area contributed by atoms with Crippen LogP contribution in [0.4, 0.5) is 0 Å². The summed E-state index contributed by atoms with van der Waals surface area (Å²) in [6.45, 7) is 5.51. The first-order valence-corrected chi connectivity index (χ1v) is 10.0. The van der Waals surface area contributed by atoms with Crippen LogP contribution < -0.4 is 0 Å². The first-order valence-electron chi connectivity index (χ1n) is 10.0. The number of esters is 2. The SMILES string of the molecule is CCOC(=O)C1(C(=O)OCC)Cc2cc(C(=O)/C=C/c3ccccc3)nc(C)c2C1. The highest BCUT2D eigenvalue weighted by Crippen LogP contribution is 2.40. The Hall–Kier alpha value is -3.28. The molecule has 0 saturated carbocycles. The maximum absolute atomic E-state index is 12.7. The molecule has 1 aromatic carbocycles. The second-order valence-corrected chi connectivity index (χ2v) is 7.22. The second kappa shape index (κ2) is 9.03. The molecule has 1 aliphatic rings. The van der Waals surface area contributed by atoms with Crippen LogP contribution >= 0.6 is 0 Å². The van der Waals surface area contributed by atoms with E-state index in [0.29, 0.717) is 5.69 Å². The van der Waals surface area contributed by atoms with E-state index >= 15 is 0 Å². The fourth-order valence-electron chi connectivity index (χ4n) is 3.71. The molecule has 30 heavy (non-hydrogen) atoms. The maximum Gasteiger partial charge on any atom is 0.324 e. The number of fused-ring (bicyclic) bond motifs is 1. The van der Waals surface area contributed by atoms with Gasteiger partial charge in [-0.25, -0.2) is 4.98 Å². The summed E-state index contributed by atoms with van der Waals surface area (Å²) in [6, 6.07) is 11.2. The number of ether oxygens (including phenoxy) is 2. The number of carbonyl (C=O) groups excluding carboxylic acids is 3. The van der Waals surface area contributed by atoms with Gasteiger partial charge in [-0.15, -0.1) is 0 Å². The standard InChI is InChI=1S/C24H25NO5/c1-4-29-22(27)24(23(28)30-5-2)14-18-13-20(25-16(3)19(18)15-24)21(26)12-11-17-9-7-6-8-10-17/h6-13H,4-5,14-15H2,1-3H3/b12-11+. The van der Waals surface area contributed by atoms with Gasteiger partial charge in [0.25, 0.3) is 0 Å². The van der Waals surface area contributed by atoms with Crippen LogP contribution in [-0.2, 0) is 31.9 Å². The number of aromatic nitrogens is 1. The Morgan fingerprint density at radius 3 is 2.27 bits per heavy atom. The molecule has 1 aliphatic carbocycles. The molecule has 0 amide bonds. The third kappa shape index (κ3) is 4.17. The van der Waals surface area contributed by atoms with Crippen LogP contribution in [0, 0.1) is 12.3 Å². The minimum absolute atomic E-state index is 0.131. The molecule has 0 radical (unpaired) electrons. The molecule has 0 N–H and O–H groups in total. The summed E-state index contributed by atoms with van der Waals surface area (Å²) < 4.78 is 10.4. The van der Waals surface area contributed by atoms with Crippen molar-refractivity contribution in [3.8, 4) is 0 Å². The Labute approximate surface area is 175 Å². The van der Waals surface area contributed by atoms with E-state index in [-0.39, 0.29) is 37.5 Å². The van der Waals surface area contributed by atoms with Gasteiger partial charge in [-0.3, -0.25) is 14.4 Å². The zero-order valence-corrected chi connectivity index (χ0v) is 17.4. The number of allylic oxidation sites excluding steroid dienone is 1. The molecule has 0 bridgehead atoms. The highest BCUT2D eigenvalue weighted by molar-refractivity contribution is 6.06. The van der Waals surface area contributed by atoms with E-state index in [4.69, 9.17) is 9.47 Å². The molecule has 2 aromatic rings. The van der Waals surface area contributed by atoms with E-state index in [1.165, 1.54) is 6.08 Å². The average Bonchev–Trinajstić information content (AvgIpc) is 3.15. The first-order chi connectivity index (χ1) is 14.4. The van der Waals surface area contributed by atoms with Crippen LogP contribution in [-0.4, -0.2) is 35.9 Å². The molecule has 0 saturated heterocycles. The zero-order valence-electron chi connectivity index (χ0n) is 17.4. The molecule has 156 valence electrons. The smallest absolute Gasteiger partial charge is 0.324 e. The zero-order chi connectivity index (χ0) is 21.7. The summed E-state index contributed by atoms with van der Waals surface area (Å²) in [7, 11) is 0. The van der Waals surface area contributed by atoms with E-state index in [1.807, 2.05) is 30.3 Å². The lowest BCUT2D eigenvalue weighted by molar-refractivity contribution is -0.171. The lowest BCUT2D eigenvalue weighted by atomic mass is 9.84. The van der Waals surface area contributed by atoms with Gasteiger partial charge in [0.15, 0.2) is 5.41 Å². The Bertz CT molecular complexity index is 976. The molecule has 1 aromatic heterocycles. The first kappa shape index (κ1) is 21.4. The van der Waals surface area contributed by atoms with Gasteiger partial charge in [-0.2, -0.15) is 0 Å². The normalized spacial score (nSPS) is 14.4. The Morgan fingerprint density at radius 1 is 1.03 bits per heavy atom. The predicted octanol–water partition coefficient (Wildman–Crippen LogP) is 3.50. The number of ketones is 1. The molecule has 0 fully saturated rings. The van der Waals surface area contributed by atoms with Crippen LogP contribution in [0.15, 0.2) is 42.5 Å². The van der Waals surface area contributed by atoms with E-state index in [9.17, 15) is 14.4 Å². The molecular formula is C24H25NO5. The van der Waals surface area contributed by atoms with Gasteiger partial charge in [0.2, 0.25) is 5.78 Å². The lowest BCUT2D eigenvalue weighted by Gasteiger charge is -2.24. The number of carbonyl (C=O) groups is 3. The van der Waals surface area contributed by atoms with Crippen molar-refractivity contribution in [2.75, 3.05) is 13.2 Å². The molecule has 6 nitrogen and oxygen atoms in total. The van der Waals surface area contributed by atoms with Gasteiger partial charge in [0, 0.05) is 12.1 Å². The van der Waals surface area contributed by atoms with E-state index in [1.54, 1.807) is 32.9 Å². The van der Waals surface area contributed by atoms with Crippen molar-refractivity contribution in [2.24, 2.45) is 5.41 Å². The minimum Gasteiger partial charge on any atom is -0.465 e. The number of hydrogen-bond acceptors (Lipinski definition) is 6. The van der Waals surface area contributed by atoms with E-state index in [0.717, 1.165) is 16.7 Å². The highest BCUT2D eigenvalue weighted by Gasteiger charge is 2.53. The van der Waals surface area contributed by atoms with Gasteiger partial charge >= 0.3 is 11.9 Å². The van der Waals surface area contributed by atoms with Crippen LogP contribution in [0.5, 0.6) is 0 Å². The van der Waals surface area contributed by atoms with Crippen LogP contribution in [0.1, 0.15) is 46.7 Å². The second-order valence-electron chi connectivity index (χ2n) is 7.22. The largest absolute Gasteiger partial charge is 0.465 e. The molecule has 0 spiro atoms. The van der Waals surface area contributed by atoms with Gasteiger partial charge in [-0.1, -0.05) is 36.4 Å². The third-order valence-electron chi connectivity index (χ3n) is 5.21. The van der Waals surface area contributed by atoms with E-state index in [2.05, 4.69) is 4.98 Å². The monoisotopic (exact) mass is 407 g/mol. The topological polar surface area (TPSA) is 82.6 Å². The maximum atomic E-state index is 12.7. The van der Waals surface area contributed by atoms with Crippen molar-refractivity contribution in [1.82, 2.24) is 4.98 Å². The van der Waals surface area contributed by atoms with Gasteiger partial charge < -0.3 is 9.47 Å². The Morgan fingerprint density at radius 2 is 1.67 bits per heavy atom. The fourth-order valence-corrected chi connectivity index (χ4v) is 3.71. The molecule has 0 aliphatic heterocycles. The van der Waals surface area contributed by atoms with Crippen LogP contribution in [0.2, 0.25) is 0 Å². The lowest BCUT2D eigenvalue weighted by Crippen LogP contribution is -2.43. The van der Waals surface area contributed by atoms with Crippen molar-refractivity contribution in [3.05, 3.63) is 70.6 Å². The summed E-state index contributed by atoms with van der Waals surface area (Å²) in [6.07, 6.45) is 3.50. The molecule has 1 heterocycles. The van der Waals surface area contributed by atoms with Crippen molar-refractivity contribution in [1.29, 1.82) is 0 Å². The minimum atomic E-state index is -1.43. The summed E-state index contributed by atoms with van der Waals surface area (Å²) in [4.78, 5) is 42.5. The van der Waals surface area contributed by atoms with E-state index < -0.39 is 17.4 Å². The summed E-state index contributed by atoms with van der Waals surface area (Å²) in [5.41, 5.74) is 1.93. The summed E-state index contributed by atoms with van der Waals surface area (Å²) >= 11 is 0. The van der Waals surface area contributed by atoms with Gasteiger partial charge in [-0.05, 0) is 56.0 Å². The van der Waals surface area contributed by atoms with Crippen molar-refractivity contribution >= 4 is 23.8 Å². The Balaban J connectivity index is 1.91. The Kier molecular flexibility index (Phi) is 6.45. The predicted molar refractivity (Wildman–Crippen MR) is 112 cm³/mol. The van der Waals surface area contributed by atoms with Crippen molar-refractivity contribution in [3.63, 3.8) is 0 Å². The quantitative estimate of drug-likeness (QED) is 0.302. The highest BCUT2D eigenvalue weighted by atomic mass is 16.6. The summed E-state index contributed by atoms with van der Waals surface area (Å²) in [5.74, 6) is -1.44. The molecule has 6 heteroatoms. The molecule has 3 rings (SSSR count). The molecule has 0 unspecified atom stereocenters. The molecule has 0 atom stereocenters. The van der Waals surface area contributed by atoms with Gasteiger partial charge in [0.05, 0.1) is 13.2 Å². The number of hydrogen-bond donors (Lipinski definition) is 0. The third-order valence-corrected chi connectivity index (χ3v) is 5.21. The summed E-state index contributed by atoms with van der Waals surface area (Å²) in [5, 5.41) is 0. The molecular weight excluding hydrogens is 382 g/mol. The van der Waals surface area contributed by atoms with Crippen LogP contribution in [0.3, 0.4) is 0 Å². The average molecular weight is 407 g/mol.